The zero-order valence-corrected chi connectivity index (χ0v) is 13.9. The van der Waals surface area contributed by atoms with Crippen molar-refractivity contribution in [3.8, 4) is 11.5 Å². The second kappa shape index (κ2) is 7.89. The Labute approximate surface area is 134 Å². The molecule has 0 fully saturated rings. The maximum Gasteiger partial charge on any atom is 0.118 e. The van der Waals surface area contributed by atoms with Crippen LogP contribution in [0.4, 0.5) is 0 Å². The van der Waals surface area contributed by atoms with E-state index in [1.54, 1.807) is 14.2 Å². The summed E-state index contributed by atoms with van der Waals surface area (Å²) < 4.78 is 10.4. The third-order valence-corrected chi connectivity index (χ3v) is 3.72. The van der Waals surface area contributed by atoms with Crippen molar-refractivity contribution >= 4 is 21.5 Å². The number of hydrogen-bond donors (Lipinski definition) is 0. The highest BCUT2D eigenvalue weighted by atomic mass is 79.9. The average molecular weight is 347 g/mol. The molecule has 0 heterocycles. The molecule has 0 spiro atoms. The zero-order valence-electron chi connectivity index (χ0n) is 12.3. The smallest absolute Gasteiger partial charge is 0.118 e. The van der Waals surface area contributed by atoms with Gasteiger partial charge in [-0.1, -0.05) is 46.3 Å². The molecular weight excluding hydrogens is 328 g/mol. The van der Waals surface area contributed by atoms with E-state index in [9.17, 15) is 0 Å². The fourth-order valence-electron chi connectivity index (χ4n) is 2.14. The molecule has 110 valence electrons. The van der Waals surface area contributed by atoms with E-state index in [0.29, 0.717) is 0 Å². The molecule has 0 bridgehead atoms. The third kappa shape index (κ3) is 4.11. The number of alkyl halides is 1. The van der Waals surface area contributed by atoms with Crippen LogP contribution in [0.25, 0.3) is 5.57 Å². The molecule has 0 N–H and O–H groups in total. The Morgan fingerprint density at radius 2 is 1.29 bits per heavy atom. The Morgan fingerprint density at radius 3 is 1.62 bits per heavy atom. The molecule has 0 aliphatic rings. The van der Waals surface area contributed by atoms with Gasteiger partial charge in [-0.2, -0.15) is 0 Å². The van der Waals surface area contributed by atoms with Crippen molar-refractivity contribution in [2.24, 2.45) is 0 Å². The van der Waals surface area contributed by atoms with Crippen LogP contribution in [-0.4, -0.2) is 19.5 Å². The first-order valence-electron chi connectivity index (χ1n) is 6.83. The summed E-state index contributed by atoms with van der Waals surface area (Å²) in [5.74, 6) is 1.74. The number of allylic oxidation sites excluding steroid dienone is 1. The van der Waals surface area contributed by atoms with E-state index in [1.165, 1.54) is 16.7 Å². The van der Waals surface area contributed by atoms with Gasteiger partial charge in [-0.3, -0.25) is 0 Å². The molecule has 0 aliphatic carbocycles. The largest absolute Gasteiger partial charge is 0.497 e. The van der Waals surface area contributed by atoms with E-state index in [1.807, 2.05) is 24.3 Å². The van der Waals surface area contributed by atoms with E-state index in [0.717, 1.165) is 23.2 Å². The zero-order chi connectivity index (χ0) is 15.1. The van der Waals surface area contributed by atoms with E-state index in [-0.39, 0.29) is 0 Å². The molecule has 0 amide bonds. The van der Waals surface area contributed by atoms with Crippen molar-refractivity contribution in [3.05, 3.63) is 65.7 Å². The van der Waals surface area contributed by atoms with Crippen LogP contribution in [0.5, 0.6) is 11.5 Å². The molecule has 0 unspecified atom stereocenters. The Bertz CT molecular complexity index is 536. The van der Waals surface area contributed by atoms with Crippen LogP contribution in [0.2, 0.25) is 0 Å². The monoisotopic (exact) mass is 346 g/mol. The highest BCUT2D eigenvalue weighted by Gasteiger charge is 2.05. The van der Waals surface area contributed by atoms with Crippen LogP contribution in [0.3, 0.4) is 0 Å². The Balaban J connectivity index is 2.36. The molecule has 0 radical (unpaired) electrons. The minimum atomic E-state index is 0.869. The molecule has 0 atom stereocenters. The number of methoxy groups -OCH3 is 2. The first-order valence-corrected chi connectivity index (χ1v) is 7.95. The maximum atomic E-state index is 5.22. The van der Waals surface area contributed by atoms with Crippen LogP contribution in [-0.2, 0) is 0 Å². The van der Waals surface area contributed by atoms with Crippen LogP contribution in [0, 0.1) is 0 Å². The number of ether oxygens (including phenoxy) is 2. The lowest BCUT2D eigenvalue weighted by Gasteiger charge is -2.10. The predicted octanol–water partition coefficient (Wildman–Crippen LogP) is 4.92. The summed E-state index contributed by atoms with van der Waals surface area (Å²) in [6.07, 6.45) is 3.23. The molecule has 0 aromatic heterocycles. The van der Waals surface area contributed by atoms with Gasteiger partial charge < -0.3 is 9.47 Å². The van der Waals surface area contributed by atoms with Gasteiger partial charge >= 0.3 is 0 Å². The molecule has 2 aromatic carbocycles. The lowest BCUT2D eigenvalue weighted by atomic mass is 9.97. The Morgan fingerprint density at radius 1 is 0.857 bits per heavy atom. The summed E-state index contributed by atoms with van der Waals surface area (Å²) in [6.45, 7) is 0. The van der Waals surface area contributed by atoms with Crippen LogP contribution >= 0.6 is 15.9 Å². The third-order valence-electron chi connectivity index (χ3n) is 3.26. The standard InChI is InChI=1S/C18H19BrO2/c1-20-16-9-5-14(6-10-16)18(4-3-13-19)15-7-11-17(21-2)12-8-15/h4-12H,3,13H2,1-2H3. The SMILES string of the molecule is COc1ccc(C(=CCCBr)c2ccc(OC)cc2)cc1. The first-order chi connectivity index (χ1) is 10.3. The van der Waals surface area contributed by atoms with Gasteiger partial charge in [0.2, 0.25) is 0 Å². The van der Waals surface area contributed by atoms with Crippen LogP contribution in [0.1, 0.15) is 17.5 Å². The number of rotatable bonds is 6. The summed E-state index contributed by atoms with van der Waals surface area (Å²) in [5.41, 5.74) is 3.59. The molecular formula is C18H19BrO2. The van der Waals surface area contributed by atoms with Gasteiger partial charge in [0.15, 0.2) is 0 Å². The summed E-state index contributed by atoms with van der Waals surface area (Å²) in [4.78, 5) is 0. The van der Waals surface area contributed by atoms with E-state index >= 15 is 0 Å². The Kier molecular flexibility index (Phi) is 5.88. The summed E-state index contributed by atoms with van der Waals surface area (Å²) in [7, 11) is 3.36. The van der Waals surface area contributed by atoms with E-state index in [4.69, 9.17) is 9.47 Å². The van der Waals surface area contributed by atoms with E-state index in [2.05, 4.69) is 46.3 Å². The molecule has 3 heteroatoms. The second-order valence-electron chi connectivity index (χ2n) is 4.55. The van der Waals surface area contributed by atoms with Gasteiger partial charge in [-0.15, -0.1) is 0 Å². The Hall–Kier alpha value is -1.74. The van der Waals surface area contributed by atoms with Crippen LogP contribution in [0.15, 0.2) is 54.6 Å². The van der Waals surface area contributed by atoms with Crippen LogP contribution < -0.4 is 9.47 Å². The van der Waals surface area contributed by atoms with Gasteiger partial charge in [0, 0.05) is 5.33 Å². The minimum absolute atomic E-state index is 0.869. The lowest BCUT2D eigenvalue weighted by Crippen LogP contribution is -1.91. The number of benzene rings is 2. The maximum absolute atomic E-state index is 5.22. The quantitative estimate of drug-likeness (QED) is 0.691. The van der Waals surface area contributed by atoms with Gasteiger partial charge in [0.05, 0.1) is 14.2 Å². The molecule has 2 rings (SSSR count). The van der Waals surface area contributed by atoms with Crippen molar-refractivity contribution in [1.82, 2.24) is 0 Å². The van der Waals surface area contributed by atoms with Crippen molar-refractivity contribution in [2.45, 2.75) is 6.42 Å². The minimum Gasteiger partial charge on any atom is -0.497 e. The molecule has 0 saturated heterocycles. The molecule has 0 aliphatic heterocycles. The molecule has 2 nitrogen and oxygen atoms in total. The van der Waals surface area contributed by atoms with Gasteiger partial charge in [-0.25, -0.2) is 0 Å². The molecule has 0 saturated carbocycles. The normalized spacial score (nSPS) is 10.0. The van der Waals surface area contributed by atoms with Gasteiger partial charge in [0.25, 0.3) is 0 Å². The fraction of sp³-hybridized carbons (Fsp3) is 0.222. The highest BCUT2D eigenvalue weighted by molar-refractivity contribution is 9.09. The van der Waals surface area contributed by atoms with Gasteiger partial charge in [0.1, 0.15) is 11.5 Å². The summed E-state index contributed by atoms with van der Waals surface area (Å²) >= 11 is 3.48. The highest BCUT2D eigenvalue weighted by Crippen LogP contribution is 2.27. The number of hydrogen-bond acceptors (Lipinski definition) is 2. The van der Waals surface area contributed by atoms with E-state index < -0.39 is 0 Å². The predicted molar refractivity (Wildman–Crippen MR) is 91.5 cm³/mol. The topological polar surface area (TPSA) is 18.5 Å². The van der Waals surface area contributed by atoms with Crippen molar-refractivity contribution < 1.29 is 9.47 Å². The van der Waals surface area contributed by atoms with Gasteiger partial charge in [-0.05, 0) is 47.4 Å². The lowest BCUT2D eigenvalue weighted by molar-refractivity contribution is 0.414. The average Bonchev–Trinajstić information content (AvgIpc) is 2.56. The first kappa shape index (κ1) is 15.6. The molecule has 21 heavy (non-hydrogen) atoms. The summed E-state index contributed by atoms with van der Waals surface area (Å²) in [6, 6.07) is 16.3. The fourth-order valence-corrected chi connectivity index (χ4v) is 2.37. The van der Waals surface area contributed by atoms with Crippen molar-refractivity contribution in [3.63, 3.8) is 0 Å². The van der Waals surface area contributed by atoms with Crippen molar-refractivity contribution in [1.29, 1.82) is 0 Å². The second-order valence-corrected chi connectivity index (χ2v) is 5.35. The number of halogens is 1. The summed E-state index contributed by atoms with van der Waals surface area (Å²) in [5, 5.41) is 0.947. The van der Waals surface area contributed by atoms with Crippen molar-refractivity contribution in [2.75, 3.05) is 19.5 Å². The molecule has 2 aromatic rings.